The van der Waals surface area contributed by atoms with Crippen molar-refractivity contribution in [2.45, 2.75) is 0 Å². The SMILES string of the molecule is O=C(NN=Cc1ccc(F)cc1F)c1ccccc1. The van der Waals surface area contributed by atoms with Crippen molar-refractivity contribution in [3.05, 3.63) is 71.3 Å². The van der Waals surface area contributed by atoms with Crippen molar-refractivity contribution in [3.8, 4) is 0 Å². The third kappa shape index (κ3) is 3.45. The van der Waals surface area contributed by atoms with E-state index in [-0.39, 0.29) is 5.56 Å². The largest absolute Gasteiger partial charge is 0.271 e. The van der Waals surface area contributed by atoms with E-state index in [0.29, 0.717) is 5.56 Å². The molecule has 0 aliphatic carbocycles. The van der Waals surface area contributed by atoms with Crippen LogP contribution < -0.4 is 5.43 Å². The summed E-state index contributed by atoms with van der Waals surface area (Å²) in [5.74, 6) is -1.81. The molecule has 0 aliphatic rings. The number of hydrogen-bond donors (Lipinski definition) is 1. The fourth-order valence-corrected chi connectivity index (χ4v) is 1.42. The first-order chi connectivity index (χ1) is 9.16. The maximum absolute atomic E-state index is 13.3. The van der Waals surface area contributed by atoms with E-state index in [1.165, 1.54) is 6.07 Å². The Kier molecular flexibility index (Phi) is 3.97. The van der Waals surface area contributed by atoms with Gasteiger partial charge in [-0.25, -0.2) is 14.2 Å². The fourth-order valence-electron chi connectivity index (χ4n) is 1.42. The number of nitrogens with one attached hydrogen (secondary N) is 1. The predicted molar refractivity (Wildman–Crippen MR) is 67.9 cm³/mol. The Morgan fingerprint density at radius 3 is 2.53 bits per heavy atom. The van der Waals surface area contributed by atoms with Crippen molar-refractivity contribution in [3.63, 3.8) is 0 Å². The highest BCUT2D eigenvalue weighted by molar-refractivity contribution is 5.94. The molecule has 0 fully saturated rings. The normalized spacial score (nSPS) is 10.6. The van der Waals surface area contributed by atoms with Crippen molar-refractivity contribution in [1.29, 1.82) is 0 Å². The van der Waals surface area contributed by atoms with Gasteiger partial charge >= 0.3 is 0 Å². The van der Waals surface area contributed by atoms with Crippen LogP contribution in [0.15, 0.2) is 53.6 Å². The van der Waals surface area contributed by atoms with Crippen LogP contribution in [0.4, 0.5) is 8.78 Å². The van der Waals surface area contributed by atoms with Gasteiger partial charge in [-0.1, -0.05) is 18.2 Å². The number of hydrogen-bond acceptors (Lipinski definition) is 2. The van der Waals surface area contributed by atoms with Crippen LogP contribution >= 0.6 is 0 Å². The number of carbonyl (C=O) groups excluding carboxylic acids is 1. The number of hydrazone groups is 1. The molecule has 0 saturated carbocycles. The molecular formula is C14H10F2N2O. The molecule has 2 aromatic carbocycles. The van der Waals surface area contributed by atoms with Gasteiger partial charge < -0.3 is 0 Å². The van der Waals surface area contributed by atoms with Crippen molar-refractivity contribution in [2.75, 3.05) is 0 Å². The maximum Gasteiger partial charge on any atom is 0.271 e. The summed E-state index contributed by atoms with van der Waals surface area (Å²) in [4.78, 5) is 11.6. The molecule has 0 saturated heterocycles. The van der Waals surface area contributed by atoms with Crippen LogP contribution in [0.3, 0.4) is 0 Å². The molecule has 0 atom stereocenters. The third-order valence-electron chi connectivity index (χ3n) is 2.37. The van der Waals surface area contributed by atoms with E-state index in [2.05, 4.69) is 10.5 Å². The number of nitrogens with zero attached hydrogens (tertiary/aromatic N) is 1. The first-order valence-electron chi connectivity index (χ1n) is 5.50. The molecule has 3 nitrogen and oxygen atoms in total. The molecule has 1 amide bonds. The third-order valence-corrected chi connectivity index (χ3v) is 2.37. The highest BCUT2D eigenvalue weighted by Gasteiger charge is 2.03. The predicted octanol–water partition coefficient (Wildman–Crippen LogP) is 2.73. The van der Waals surface area contributed by atoms with Gasteiger partial charge in [-0.3, -0.25) is 4.79 Å². The molecule has 2 aromatic rings. The zero-order chi connectivity index (χ0) is 13.7. The Balaban J connectivity index is 2.02. The summed E-state index contributed by atoms with van der Waals surface area (Å²) in [6, 6.07) is 11.6. The fraction of sp³-hybridized carbons (Fsp3) is 0. The first-order valence-corrected chi connectivity index (χ1v) is 5.50. The zero-order valence-electron chi connectivity index (χ0n) is 9.81. The van der Waals surface area contributed by atoms with Crippen LogP contribution in [0, 0.1) is 11.6 Å². The van der Waals surface area contributed by atoms with Gasteiger partial charge in [0.2, 0.25) is 0 Å². The molecule has 96 valence electrons. The van der Waals surface area contributed by atoms with Crippen LogP contribution in [-0.4, -0.2) is 12.1 Å². The quantitative estimate of drug-likeness (QED) is 0.669. The Morgan fingerprint density at radius 2 is 1.84 bits per heavy atom. The van der Waals surface area contributed by atoms with E-state index in [1.54, 1.807) is 30.3 Å². The van der Waals surface area contributed by atoms with Gasteiger partial charge in [0.15, 0.2) is 0 Å². The second kappa shape index (κ2) is 5.86. The minimum Gasteiger partial charge on any atom is -0.267 e. The monoisotopic (exact) mass is 260 g/mol. The molecule has 0 aromatic heterocycles. The summed E-state index contributed by atoms with van der Waals surface area (Å²) < 4.78 is 25.9. The molecule has 19 heavy (non-hydrogen) atoms. The minimum atomic E-state index is -0.738. The molecule has 0 spiro atoms. The highest BCUT2D eigenvalue weighted by atomic mass is 19.1. The van der Waals surface area contributed by atoms with Gasteiger partial charge in [-0.15, -0.1) is 0 Å². The molecule has 0 aliphatic heterocycles. The van der Waals surface area contributed by atoms with Gasteiger partial charge in [0.25, 0.3) is 5.91 Å². The average molecular weight is 260 g/mol. The van der Waals surface area contributed by atoms with Gasteiger partial charge in [0.05, 0.1) is 6.21 Å². The minimum absolute atomic E-state index is 0.0924. The Morgan fingerprint density at radius 1 is 1.11 bits per heavy atom. The van der Waals surface area contributed by atoms with Crippen LogP contribution in [0.5, 0.6) is 0 Å². The van der Waals surface area contributed by atoms with E-state index in [1.807, 2.05) is 0 Å². The summed E-state index contributed by atoms with van der Waals surface area (Å²) in [5.41, 5.74) is 2.80. The van der Waals surface area contributed by atoms with Crippen molar-refractivity contribution >= 4 is 12.1 Å². The summed E-state index contributed by atoms with van der Waals surface area (Å²) in [6.45, 7) is 0. The standard InChI is InChI=1S/C14H10F2N2O/c15-12-7-6-11(13(16)8-12)9-17-18-14(19)10-4-2-1-3-5-10/h1-9H,(H,18,19). The molecule has 0 heterocycles. The lowest BCUT2D eigenvalue weighted by Crippen LogP contribution is -2.17. The number of benzene rings is 2. The Bertz CT molecular complexity index is 612. The molecule has 1 N–H and O–H groups in total. The highest BCUT2D eigenvalue weighted by Crippen LogP contribution is 2.06. The number of rotatable bonds is 3. The van der Waals surface area contributed by atoms with E-state index >= 15 is 0 Å². The molecule has 0 bridgehead atoms. The van der Waals surface area contributed by atoms with E-state index in [0.717, 1.165) is 18.3 Å². The zero-order valence-corrected chi connectivity index (χ0v) is 9.81. The lowest BCUT2D eigenvalue weighted by Gasteiger charge is -1.99. The van der Waals surface area contributed by atoms with Crippen LogP contribution in [0.2, 0.25) is 0 Å². The van der Waals surface area contributed by atoms with Gasteiger partial charge in [0.1, 0.15) is 11.6 Å². The van der Waals surface area contributed by atoms with Crippen molar-refractivity contribution in [1.82, 2.24) is 5.43 Å². The molecule has 5 heteroatoms. The molecule has 0 unspecified atom stereocenters. The van der Waals surface area contributed by atoms with Gasteiger partial charge in [0, 0.05) is 17.2 Å². The second-order valence-corrected chi connectivity index (χ2v) is 3.73. The second-order valence-electron chi connectivity index (χ2n) is 3.73. The Hall–Kier alpha value is -2.56. The number of amides is 1. The molecule has 2 rings (SSSR count). The lowest BCUT2D eigenvalue weighted by atomic mass is 10.2. The van der Waals surface area contributed by atoms with Gasteiger partial charge in [-0.05, 0) is 24.3 Å². The topological polar surface area (TPSA) is 41.5 Å². The van der Waals surface area contributed by atoms with Gasteiger partial charge in [-0.2, -0.15) is 5.10 Å². The number of halogens is 2. The van der Waals surface area contributed by atoms with Crippen molar-refractivity contribution < 1.29 is 13.6 Å². The Labute approximate surface area is 108 Å². The van der Waals surface area contributed by atoms with E-state index in [9.17, 15) is 13.6 Å². The van der Waals surface area contributed by atoms with E-state index in [4.69, 9.17) is 0 Å². The first kappa shape index (κ1) is 12.9. The maximum atomic E-state index is 13.3. The van der Waals surface area contributed by atoms with Crippen LogP contribution in [0.25, 0.3) is 0 Å². The average Bonchev–Trinajstić information content (AvgIpc) is 2.42. The smallest absolute Gasteiger partial charge is 0.267 e. The summed E-state index contributed by atoms with van der Waals surface area (Å²) in [7, 11) is 0. The molecular weight excluding hydrogens is 250 g/mol. The van der Waals surface area contributed by atoms with Crippen molar-refractivity contribution in [2.24, 2.45) is 5.10 Å². The molecule has 0 radical (unpaired) electrons. The van der Waals surface area contributed by atoms with E-state index < -0.39 is 17.5 Å². The summed E-state index contributed by atoms with van der Waals surface area (Å²) in [5, 5.41) is 3.62. The van der Waals surface area contributed by atoms with Crippen LogP contribution in [0.1, 0.15) is 15.9 Å². The number of carbonyl (C=O) groups is 1. The summed E-state index contributed by atoms with van der Waals surface area (Å²) >= 11 is 0. The van der Waals surface area contributed by atoms with Crippen LogP contribution in [-0.2, 0) is 0 Å². The summed E-state index contributed by atoms with van der Waals surface area (Å²) in [6.07, 6.45) is 1.12. The lowest BCUT2D eigenvalue weighted by molar-refractivity contribution is 0.0955.